The number of pyridine rings is 1. The number of carbonyl (C=O) groups is 1. The highest BCUT2D eigenvalue weighted by Gasteiger charge is 2.13. The minimum atomic E-state index is 0.0408. The molecule has 1 aromatic carbocycles. The lowest BCUT2D eigenvalue weighted by molar-refractivity contribution is -0.120. The van der Waals surface area contributed by atoms with Crippen LogP contribution in [-0.4, -0.2) is 24.5 Å². The summed E-state index contributed by atoms with van der Waals surface area (Å²) in [5, 5.41) is 6.06. The molecule has 0 bridgehead atoms. The van der Waals surface area contributed by atoms with Gasteiger partial charge in [-0.25, -0.2) is 0 Å². The standard InChI is InChI=1S/C16H19N3O/c1-17-15(20)9-12-19-16(13-5-3-2-4-6-13)14-7-10-18-11-8-14/h2-8,10-11,16,19H,9,12H2,1H3,(H,17,20). The second-order valence-electron chi connectivity index (χ2n) is 4.50. The van der Waals surface area contributed by atoms with Crippen molar-refractivity contribution in [1.82, 2.24) is 15.6 Å². The third-order valence-electron chi connectivity index (χ3n) is 3.15. The zero-order valence-electron chi connectivity index (χ0n) is 11.5. The van der Waals surface area contributed by atoms with Crippen molar-refractivity contribution in [2.75, 3.05) is 13.6 Å². The van der Waals surface area contributed by atoms with Gasteiger partial charge in [-0.2, -0.15) is 0 Å². The maximum absolute atomic E-state index is 11.3. The molecular formula is C16H19N3O. The quantitative estimate of drug-likeness (QED) is 0.842. The van der Waals surface area contributed by atoms with Gasteiger partial charge in [0.25, 0.3) is 0 Å². The molecule has 2 rings (SSSR count). The summed E-state index contributed by atoms with van der Waals surface area (Å²) in [5.41, 5.74) is 2.32. The van der Waals surface area contributed by atoms with Crippen molar-refractivity contribution in [3.63, 3.8) is 0 Å². The van der Waals surface area contributed by atoms with Crippen molar-refractivity contribution in [3.05, 3.63) is 66.0 Å². The summed E-state index contributed by atoms with van der Waals surface area (Å²) >= 11 is 0. The number of rotatable bonds is 6. The molecule has 1 atom stereocenters. The van der Waals surface area contributed by atoms with Crippen molar-refractivity contribution in [2.45, 2.75) is 12.5 Å². The Bertz CT molecular complexity index is 488. The van der Waals surface area contributed by atoms with Gasteiger partial charge in [-0.05, 0) is 23.3 Å². The molecule has 0 saturated carbocycles. The topological polar surface area (TPSA) is 54.0 Å². The molecule has 0 saturated heterocycles. The fourth-order valence-electron chi connectivity index (χ4n) is 2.08. The number of carbonyl (C=O) groups excluding carboxylic acids is 1. The average molecular weight is 269 g/mol. The number of benzene rings is 1. The lowest BCUT2D eigenvalue weighted by atomic mass is 9.99. The van der Waals surface area contributed by atoms with Crippen LogP contribution >= 0.6 is 0 Å². The highest BCUT2D eigenvalue weighted by Crippen LogP contribution is 2.21. The van der Waals surface area contributed by atoms with Crippen LogP contribution in [-0.2, 0) is 4.79 Å². The smallest absolute Gasteiger partial charge is 0.221 e. The number of aromatic nitrogens is 1. The van der Waals surface area contributed by atoms with E-state index in [1.807, 2.05) is 30.3 Å². The first-order valence-corrected chi connectivity index (χ1v) is 6.70. The van der Waals surface area contributed by atoms with Crippen molar-refractivity contribution in [3.8, 4) is 0 Å². The van der Waals surface area contributed by atoms with Gasteiger partial charge in [-0.1, -0.05) is 30.3 Å². The van der Waals surface area contributed by atoms with Crippen LogP contribution in [0.15, 0.2) is 54.9 Å². The van der Waals surface area contributed by atoms with E-state index < -0.39 is 0 Å². The van der Waals surface area contributed by atoms with Crippen LogP contribution in [0.5, 0.6) is 0 Å². The molecule has 0 aliphatic rings. The molecule has 2 N–H and O–H groups in total. The Balaban J connectivity index is 2.11. The number of nitrogens with zero attached hydrogens (tertiary/aromatic N) is 1. The molecular weight excluding hydrogens is 250 g/mol. The van der Waals surface area contributed by atoms with Crippen LogP contribution in [0.4, 0.5) is 0 Å². The summed E-state index contributed by atoms with van der Waals surface area (Å²) in [6.07, 6.45) is 4.03. The van der Waals surface area contributed by atoms with Gasteiger partial charge in [0.05, 0.1) is 6.04 Å². The normalized spacial score (nSPS) is 11.8. The highest BCUT2D eigenvalue weighted by atomic mass is 16.1. The first kappa shape index (κ1) is 14.2. The summed E-state index contributed by atoms with van der Waals surface area (Å²) < 4.78 is 0. The van der Waals surface area contributed by atoms with Gasteiger partial charge >= 0.3 is 0 Å². The molecule has 1 heterocycles. The van der Waals surface area contributed by atoms with E-state index in [-0.39, 0.29) is 11.9 Å². The summed E-state index contributed by atoms with van der Waals surface area (Å²) in [6.45, 7) is 0.627. The Hall–Kier alpha value is -2.20. The summed E-state index contributed by atoms with van der Waals surface area (Å²) in [6, 6.07) is 14.3. The van der Waals surface area contributed by atoms with E-state index in [4.69, 9.17) is 0 Å². The van der Waals surface area contributed by atoms with E-state index in [1.54, 1.807) is 19.4 Å². The van der Waals surface area contributed by atoms with Gasteiger partial charge < -0.3 is 10.6 Å². The molecule has 0 radical (unpaired) electrons. The Labute approximate surface area is 119 Å². The molecule has 20 heavy (non-hydrogen) atoms. The van der Waals surface area contributed by atoms with Crippen molar-refractivity contribution in [2.24, 2.45) is 0 Å². The van der Waals surface area contributed by atoms with E-state index in [0.717, 1.165) is 5.56 Å². The molecule has 0 fully saturated rings. The summed E-state index contributed by atoms with van der Waals surface area (Å²) in [4.78, 5) is 15.4. The largest absolute Gasteiger partial charge is 0.359 e. The van der Waals surface area contributed by atoms with Gasteiger partial charge in [-0.3, -0.25) is 9.78 Å². The number of nitrogens with one attached hydrogen (secondary N) is 2. The van der Waals surface area contributed by atoms with Gasteiger partial charge in [-0.15, -0.1) is 0 Å². The minimum Gasteiger partial charge on any atom is -0.359 e. The zero-order chi connectivity index (χ0) is 14.2. The Morgan fingerprint density at radius 2 is 1.75 bits per heavy atom. The molecule has 1 amide bonds. The molecule has 104 valence electrons. The van der Waals surface area contributed by atoms with Crippen LogP contribution in [0.25, 0.3) is 0 Å². The maximum atomic E-state index is 11.3. The predicted octanol–water partition coefficient (Wildman–Crippen LogP) is 1.90. The van der Waals surface area contributed by atoms with E-state index in [2.05, 4.69) is 27.8 Å². The van der Waals surface area contributed by atoms with Crippen LogP contribution in [0, 0.1) is 0 Å². The lowest BCUT2D eigenvalue weighted by Gasteiger charge is -2.19. The van der Waals surface area contributed by atoms with E-state index in [9.17, 15) is 4.79 Å². The van der Waals surface area contributed by atoms with E-state index >= 15 is 0 Å². The zero-order valence-corrected chi connectivity index (χ0v) is 11.5. The highest BCUT2D eigenvalue weighted by molar-refractivity contribution is 5.75. The van der Waals surface area contributed by atoms with Gasteiger partial charge in [0.2, 0.25) is 5.91 Å². The fraction of sp³-hybridized carbons (Fsp3) is 0.250. The van der Waals surface area contributed by atoms with Gasteiger partial charge in [0.15, 0.2) is 0 Å². The van der Waals surface area contributed by atoms with Crippen molar-refractivity contribution < 1.29 is 4.79 Å². The van der Waals surface area contributed by atoms with Crippen LogP contribution < -0.4 is 10.6 Å². The molecule has 1 aromatic heterocycles. The molecule has 0 spiro atoms. The van der Waals surface area contributed by atoms with E-state index in [1.165, 1.54) is 5.56 Å². The Morgan fingerprint density at radius 1 is 1.10 bits per heavy atom. The minimum absolute atomic E-state index is 0.0408. The van der Waals surface area contributed by atoms with Crippen molar-refractivity contribution in [1.29, 1.82) is 0 Å². The fourth-order valence-corrected chi connectivity index (χ4v) is 2.08. The Morgan fingerprint density at radius 3 is 2.40 bits per heavy atom. The second-order valence-corrected chi connectivity index (χ2v) is 4.50. The summed E-state index contributed by atoms with van der Waals surface area (Å²) in [7, 11) is 1.65. The molecule has 1 unspecified atom stereocenters. The third kappa shape index (κ3) is 3.90. The SMILES string of the molecule is CNC(=O)CCNC(c1ccccc1)c1ccncc1. The van der Waals surface area contributed by atoms with Crippen LogP contribution in [0.3, 0.4) is 0 Å². The average Bonchev–Trinajstić information content (AvgIpc) is 2.53. The molecule has 4 nitrogen and oxygen atoms in total. The molecule has 2 aromatic rings. The van der Waals surface area contributed by atoms with E-state index in [0.29, 0.717) is 13.0 Å². The van der Waals surface area contributed by atoms with Crippen molar-refractivity contribution >= 4 is 5.91 Å². The number of hydrogen-bond donors (Lipinski definition) is 2. The first-order valence-electron chi connectivity index (χ1n) is 6.70. The van der Waals surface area contributed by atoms with Crippen LogP contribution in [0.1, 0.15) is 23.6 Å². The van der Waals surface area contributed by atoms with Gasteiger partial charge in [0, 0.05) is 32.4 Å². The monoisotopic (exact) mass is 269 g/mol. The van der Waals surface area contributed by atoms with Crippen LogP contribution in [0.2, 0.25) is 0 Å². The number of amides is 1. The summed E-state index contributed by atoms with van der Waals surface area (Å²) in [5.74, 6) is 0.0408. The molecule has 4 heteroatoms. The van der Waals surface area contributed by atoms with Gasteiger partial charge in [0.1, 0.15) is 0 Å². The third-order valence-corrected chi connectivity index (χ3v) is 3.15. The maximum Gasteiger partial charge on any atom is 0.221 e. The Kier molecular flexibility index (Phi) is 5.26. The molecule has 0 aliphatic carbocycles. The first-order chi connectivity index (χ1) is 9.81. The predicted molar refractivity (Wildman–Crippen MR) is 79.2 cm³/mol. The lowest BCUT2D eigenvalue weighted by Crippen LogP contribution is -2.28. The number of hydrogen-bond acceptors (Lipinski definition) is 3. The second kappa shape index (κ2) is 7.40. The molecule has 0 aliphatic heterocycles.